The topological polar surface area (TPSA) is 92.9 Å². The van der Waals surface area contributed by atoms with Gasteiger partial charge >= 0.3 is 0 Å². The minimum atomic E-state index is -0.182. The van der Waals surface area contributed by atoms with E-state index in [4.69, 9.17) is 0 Å². The Labute approximate surface area is 159 Å². The van der Waals surface area contributed by atoms with E-state index < -0.39 is 0 Å². The summed E-state index contributed by atoms with van der Waals surface area (Å²) in [7, 11) is 0. The van der Waals surface area contributed by atoms with Crippen molar-refractivity contribution >= 4 is 34.1 Å². The highest BCUT2D eigenvalue weighted by Gasteiger charge is 2.13. The Morgan fingerprint density at radius 3 is 2.67 bits per heavy atom. The molecule has 0 saturated heterocycles. The fraction of sp³-hybridized carbons (Fsp3) is 0.0526. The first-order chi connectivity index (χ1) is 13.2. The molecule has 0 fully saturated rings. The fourth-order valence-corrected chi connectivity index (χ4v) is 3.37. The van der Waals surface area contributed by atoms with Crippen LogP contribution in [0, 0.1) is 0 Å². The number of thioether (sulfide) groups is 1. The number of hydrogen-bond acceptors (Lipinski definition) is 6. The highest BCUT2D eigenvalue weighted by molar-refractivity contribution is 7.99. The molecule has 0 atom stereocenters. The summed E-state index contributed by atoms with van der Waals surface area (Å²) in [6, 6.07) is 20.2. The molecule has 0 saturated carbocycles. The van der Waals surface area contributed by atoms with Gasteiger partial charge in [-0.1, -0.05) is 48.2 Å². The molecule has 0 aliphatic rings. The van der Waals surface area contributed by atoms with Crippen molar-refractivity contribution < 1.29 is 9.90 Å². The molecule has 1 amide bonds. The maximum absolute atomic E-state index is 12.2. The van der Waals surface area contributed by atoms with E-state index in [0.29, 0.717) is 10.8 Å². The standard InChI is InChI=1S/C19H15N5O2S/c25-15-10-8-14(9-11-15)20-18(26)12-27-19-21-22-23-24(19)17-7-3-5-13-4-1-2-6-16(13)17/h1-11,25H,12H2,(H,20,26). The molecule has 1 aromatic heterocycles. The van der Waals surface area contributed by atoms with Gasteiger partial charge in [0.1, 0.15) is 5.75 Å². The molecule has 1 heterocycles. The SMILES string of the molecule is O=C(CSc1nnnn1-c1cccc2ccccc12)Nc1ccc(O)cc1. The van der Waals surface area contributed by atoms with Gasteiger partial charge in [0.25, 0.3) is 0 Å². The molecule has 27 heavy (non-hydrogen) atoms. The number of anilines is 1. The Balaban J connectivity index is 1.51. The molecule has 2 N–H and O–H groups in total. The summed E-state index contributed by atoms with van der Waals surface area (Å²) >= 11 is 1.25. The largest absolute Gasteiger partial charge is 0.508 e. The van der Waals surface area contributed by atoms with E-state index in [1.54, 1.807) is 16.8 Å². The lowest BCUT2D eigenvalue weighted by molar-refractivity contribution is -0.113. The van der Waals surface area contributed by atoms with Gasteiger partial charge in [0.2, 0.25) is 11.1 Å². The quantitative estimate of drug-likeness (QED) is 0.410. The van der Waals surface area contributed by atoms with Crippen LogP contribution in [0.15, 0.2) is 71.9 Å². The van der Waals surface area contributed by atoms with Gasteiger partial charge in [0.15, 0.2) is 0 Å². The number of nitrogens with one attached hydrogen (secondary N) is 1. The number of carbonyl (C=O) groups is 1. The number of fused-ring (bicyclic) bond motifs is 1. The zero-order valence-electron chi connectivity index (χ0n) is 14.1. The van der Waals surface area contributed by atoms with Gasteiger partial charge in [0.05, 0.1) is 11.4 Å². The number of hydrogen-bond donors (Lipinski definition) is 2. The molecule has 7 nitrogen and oxygen atoms in total. The van der Waals surface area contributed by atoms with E-state index in [-0.39, 0.29) is 17.4 Å². The fourth-order valence-electron chi connectivity index (χ4n) is 2.69. The maximum atomic E-state index is 12.2. The van der Waals surface area contributed by atoms with Gasteiger partial charge in [-0.2, -0.15) is 4.68 Å². The van der Waals surface area contributed by atoms with Gasteiger partial charge in [-0.25, -0.2) is 0 Å². The Morgan fingerprint density at radius 2 is 1.81 bits per heavy atom. The minimum Gasteiger partial charge on any atom is -0.508 e. The van der Waals surface area contributed by atoms with E-state index >= 15 is 0 Å². The first kappa shape index (κ1) is 17.0. The minimum absolute atomic E-state index is 0.150. The summed E-state index contributed by atoms with van der Waals surface area (Å²) in [4.78, 5) is 12.2. The molecule has 0 radical (unpaired) electrons. The predicted octanol–water partition coefficient (Wildman–Crippen LogP) is 3.25. The lowest BCUT2D eigenvalue weighted by Crippen LogP contribution is -2.14. The number of aromatic nitrogens is 4. The van der Waals surface area contributed by atoms with Crippen LogP contribution in [-0.4, -0.2) is 37.0 Å². The van der Waals surface area contributed by atoms with Crippen LogP contribution in [0.3, 0.4) is 0 Å². The molecule has 0 bridgehead atoms. The summed E-state index contributed by atoms with van der Waals surface area (Å²) in [5.74, 6) is 0.126. The summed E-state index contributed by atoms with van der Waals surface area (Å²) < 4.78 is 1.64. The molecule has 0 aliphatic heterocycles. The highest BCUT2D eigenvalue weighted by Crippen LogP contribution is 2.25. The van der Waals surface area contributed by atoms with E-state index in [1.165, 1.54) is 23.9 Å². The van der Waals surface area contributed by atoms with Gasteiger partial charge in [-0.15, -0.1) is 5.10 Å². The van der Waals surface area contributed by atoms with Crippen molar-refractivity contribution in [2.75, 3.05) is 11.1 Å². The highest BCUT2D eigenvalue weighted by atomic mass is 32.2. The maximum Gasteiger partial charge on any atom is 0.234 e. The predicted molar refractivity (Wildman–Crippen MR) is 104 cm³/mol. The number of phenolic OH excluding ortho intramolecular Hbond substituents is 1. The molecular formula is C19H15N5O2S. The number of phenols is 1. The Bertz CT molecular complexity index is 1090. The number of tetrazole rings is 1. The number of rotatable bonds is 5. The second-order valence-electron chi connectivity index (χ2n) is 5.76. The second-order valence-corrected chi connectivity index (χ2v) is 6.70. The molecule has 3 aromatic carbocycles. The molecular weight excluding hydrogens is 362 g/mol. The molecule has 8 heteroatoms. The molecule has 0 spiro atoms. The van der Waals surface area contributed by atoms with Crippen LogP contribution in [0.2, 0.25) is 0 Å². The number of aromatic hydroxyl groups is 1. The van der Waals surface area contributed by atoms with Crippen molar-refractivity contribution in [3.05, 3.63) is 66.7 Å². The van der Waals surface area contributed by atoms with E-state index in [2.05, 4.69) is 20.8 Å². The Hall–Kier alpha value is -3.39. The normalized spacial score (nSPS) is 10.8. The molecule has 4 aromatic rings. The van der Waals surface area contributed by atoms with Crippen LogP contribution in [0.1, 0.15) is 0 Å². The smallest absolute Gasteiger partial charge is 0.234 e. The van der Waals surface area contributed by atoms with Gasteiger partial charge in [-0.3, -0.25) is 4.79 Å². The van der Waals surface area contributed by atoms with Crippen LogP contribution in [0.25, 0.3) is 16.5 Å². The van der Waals surface area contributed by atoms with Gasteiger partial charge < -0.3 is 10.4 Å². The molecule has 134 valence electrons. The third-order valence-electron chi connectivity index (χ3n) is 3.92. The van der Waals surface area contributed by atoms with Crippen LogP contribution in [0.5, 0.6) is 5.75 Å². The first-order valence-corrected chi connectivity index (χ1v) is 9.17. The molecule has 0 aliphatic carbocycles. The number of carbonyl (C=O) groups excluding carboxylic acids is 1. The number of benzene rings is 3. The van der Waals surface area contributed by atoms with Crippen LogP contribution in [0.4, 0.5) is 5.69 Å². The number of amides is 1. The molecule has 0 unspecified atom stereocenters. The Morgan fingerprint density at radius 1 is 1.04 bits per heavy atom. The zero-order valence-corrected chi connectivity index (χ0v) is 14.9. The number of nitrogens with zero attached hydrogens (tertiary/aromatic N) is 4. The summed E-state index contributed by atoms with van der Waals surface area (Å²) in [5.41, 5.74) is 1.48. The van der Waals surface area contributed by atoms with Crippen molar-refractivity contribution in [2.24, 2.45) is 0 Å². The summed E-state index contributed by atoms with van der Waals surface area (Å²) in [6.07, 6.45) is 0. The van der Waals surface area contributed by atoms with Crippen molar-refractivity contribution in [3.63, 3.8) is 0 Å². The van der Waals surface area contributed by atoms with Gasteiger partial charge in [-0.05, 0) is 46.1 Å². The third-order valence-corrected chi connectivity index (χ3v) is 4.84. The van der Waals surface area contributed by atoms with Crippen LogP contribution in [-0.2, 0) is 4.79 Å². The first-order valence-electron chi connectivity index (χ1n) is 8.19. The van der Waals surface area contributed by atoms with E-state index in [1.807, 2.05) is 42.5 Å². The monoisotopic (exact) mass is 377 g/mol. The second kappa shape index (κ2) is 7.46. The summed E-state index contributed by atoms with van der Waals surface area (Å²) in [5, 5.41) is 26.6. The zero-order chi connectivity index (χ0) is 18.6. The van der Waals surface area contributed by atoms with Crippen molar-refractivity contribution in [3.8, 4) is 11.4 Å². The van der Waals surface area contributed by atoms with Crippen LogP contribution >= 0.6 is 11.8 Å². The summed E-state index contributed by atoms with van der Waals surface area (Å²) in [6.45, 7) is 0. The third kappa shape index (κ3) is 3.75. The average Bonchev–Trinajstić information content (AvgIpc) is 3.16. The van der Waals surface area contributed by atoms with Gasteiger partial charge in [0, 0.05) is 11.1 Å². The van der Waals surface area contributed by atoms with Crippen molar-refractivity contribution in [1.29, 1.82) is 0 Å². The van der Waals surface area contributed by atoms with E-state index in [0.717, 1.165) is 16.5 Å². The van der Waals surface area contributed by atoms with Crippen molar-refractivity contribution in [2.45, 2.75) is 5.16 Å². The van der Waals surface area contributed by atoms with Crippen molar-refractivity contribution in [1.82, 2.24) is 20.2 Å². The molecule has 4 rings (SSSR count). The lowest BCUT2D eigenvalue weighted by atomic mass is 10.1. The van der Waals surface area contributed by atoms with Crippen LogP contribution < -0.4 is 5.32 Å². The average molecular weight is 377 g/mol. The lowest BCUT2D eigenvalue weighted by Gasteiger charge is -2.08. The Kier molecular flexibility index (Phi) is 4.71. The van der Waals surface area contributed by atoms with E-state index in [9.17, 15) is 9.90 Å².